The molecule has 5 heteroatoms. The second-order valence-corrected chi connectivity index (χ2v) is 4.45. The van der Waals surface area contributed by atoms with Crippen molar-refractivity contribution in [1.82, 2.24) is 9.97 Å². The zero-order chi connectivity index (χ0) is 12.8. The van der Waals surface area contributed by atoms with Gasteiger partial charge in [-0.05, 0) is 26.2 Å². The van der Waals surface area contributed by atoms with E-state index in [1.165, 1.54) is 12.8 Å². The van der Waals surface area contributed by atoms with Crippen molar-refractivity contribution in [3.05, 3.63) is 12.4 Å². The van der Waals surface area contributed by atoms with Crippen molar-refractivity contribution in [2.45, 2.75) is 32.3 Å². The van der Waals surface area contributed by atoms with Gasteiger partial charge in [0.15, 0.2) is 5.75 Å². The third-order valence-corrected chi connectivity index (χ3v) is 3.21. The molecule has 1 aromatic heterocycles. The number of ether oxygens (including phenoxy) is 2. The number of hydrogen-bond donors (Lipinski definition) is 0. The van der Waals surface area contributed by atoms with Gasteiger partial charge in [0.1, 0.15) is 0 Å². The predicted molar refractivity (Wildman–Crippen MR) is 70.1 cm³/mol. The van der Waals surface area contributed by atoms with Crippen LogP contribution in [0.4, 0.5) is 5.95 Å². The number of aromatic nitrogens is 2. The van der Waals surface area contributed by atoms with E-state index >= 15 is 0 Å². The molecule has 1 unspecified atom stereocenters. The quantitative estimate of drug-likeness (QED) is 0.799. The Hall–Kier alpha value is -1.36. The van der Waals surface area contributed by atoms with Crippen LogP contribution in [-0.2, 0) is 4.74 Å². The van der Waals surface area contributed by atoms with Gasteiger partial charge in [-0.2, -0.15) is 0 Å². The van der Waals surface area contributed by atoms with Crippen LogP contribution in [0, 0.1) is 0 Å². The Morgan fingerprint density at radius 3 is 2.72 bits per heavy atom. The Morgan fingerprint density at radius 1 is 1.39 bits per heavy atom. The van der Waals surface area contributed by atoms with E-state index in [4.69, 9.17) is 9.47 Å². The molecule has 1 aromatic rings. The van der Waals surface area contributed by atoms with Crippen LogP contribution < -0.4 is 9.64 Å². The van der Waals surface area contributed by atoms with E-state index in [0.29, 0.717) is 11.9 Å². The summed E-state index contributed by atoms with van der Waals surface area (Å²) in [5, 5.41) is 0. The first kappa shape index (κ1) is 13.1. The molecule has 0 radical (unpaired) electrons. The van der Waals surface area contributed by atoms with E-state index in [9.17, 15) is 0 Å². The van der Waals surface area contributed by atoms with Gasteiger partial charge < -0.3 is 14.4 Å². The molecule has 2 heterocycles. The lowest BCUT2D eigenvalue weighted by molar-refractivity contribution is 0.0209. The summed E-state index contributed by atoms with van der Waals surface area (Å²) < 4.78 is 10.8. The van der Waals surface area contributed by atoms with E-state index in [1.54, 1.807) is 19.5 Å². The topological polar surface area (TPSA) is 47.5 Å². The van der Waals surface area contributed by atoms with E-state index in [-0.39, 0.29) is 0 Å². The van der Waals surface area contributed by atoms with Gasteiger partial charge in [0.25, 0.3) is 0 Å². The maximum Gasteiger partial charge on any atom is 0.225 e. The molecule has 1 aliphatic rings. The standard InChI is InChI=1S/C13H21N3O2/c1-3-16(10-11-6-4-5-7-18-11)13-14-8-12(17-2)9-15-13/h8-9,11H,3-7,10H2,1-2H3. The minimum absolute atomic E-state index is 0.310. The molecule has 2 rings (SSSR count). The molecular formula is C13H21N3O2. The Balaban J connectivity index is 1.97. The van der Waals surface area contributed by atoms with E-state index in [2.05, 4.69) is 21.8 Å². The summed E-state index contributed by atoms with van der Waals surface area (Å²) in [5.41, 5.74) is 0. The van der Waals surface area contributed by atoms with Crippen LogP contribution in [0.2, 0.25) is 0 Å². The Morgan fingerprint density at radius 2 is 2.17 bits per heavy atom. The first-order chi connectivity index (χ1) is 8.83. The number of hydrogen-bond acceptors (Lipinski definition) is 5. The summed E-state index contributed by atoms with van der Waals surface area (Å²) in [6.07, 6.45) is 7.28. The fourth-order valence-electron chi connectivity index (χ4n) is 2.13. The first-order valence-electron chi connectivity index (χ1n) is 6.56. The van der Waals surface area contributed by atoms with Crippen LogP contribution in [0.15, 0.2) is 12.4 Å². The van der Waals surface area contributed by atoms with E-state index in [0.717, 1.165) is 32.1 Å². The molecule has 18 heavy (non-hydrogen) atoms. The fraction of sp³-hybridized carbons (Fsp3) is 0.692. The van der Waals surface area contributed by atoms with Gasteiger partial charge in [-0.25, -0.2) is 9.97 Å². The first-order valence-corrected chi connectivity index (χ1v) is 6.56. The highest BCUT2D eigenvalue weighted by Gasteiger charge is 2.18. The van der Waals surface area contributed by atoms with Crippen LogP contribution in [-0.4, -0.2) is 42.9 Å². The molecule has 1 aliphatic heterocycles. The monoisotopic (exact) mass is 251 g/mol. The zero-order valence-electron chi connectivity index (χ0n) is 11.1. The molecule has 0 aliphatic carbocycles. The van der Waals surface area contributed by atoms with Crippen LogP contribution >= 0.6 is 0 Å². The minimum Gasteiger partial charge on any atom is -0.494 e. The summed E-state index contributed by atoms with van der Waals surface area (Å²) in [5.74, 6) is 1.43. The number of anilines is 1. The molecule has 1 fully saturated rings. The summed E-state index contributed by atoms with van der Waals surface area (Å²) in [6, 6.07) is 0. The Labute approximate surface area is 108 Å². The fourth-order valence-corrected chi connectivity index (χ4v) is 2.13. The summed E-state index contributed by atoms with van der Waals surface area (Å²) in [7, 11) is 1.62. The van der Waals surface area contributed by atoms with Crippen LogP contribution in [0.25, 0.3) is 0 Å². The van der Waals surface area contributed by atoms with E-state index < -0.39 is 0 Å². The third-order valence-electron chi connectivity index (χ3n) is 3.21. The maximum atomic E-state index is 5.75. The third kappa shape index (κ3) is 3.32. The lowest BCUT2D eigenvalue weighted by Crippen LogP contribution is -2.36. The maximum absolute atomic E-state index is 5.75. The average molecular weight is 251 g/mol. The molecule has 1 atom stereocenters. The van der Waals surface area contributed by atoms with Gasteiger partial charge in [-0.1, -0.05) is 0 Å². The van der Waals surface area contributed by atoms with Crippen molar-refractivity contribution in [3.8, 4) is 5.75 Å². The van der Waals surface area contributed by atoms with Crippen LogP contribution in [0.3, 0.4) is 0 Å². The van der Waals surface area contributed by atoms with Gasteiger partial charge in [0.2, 0.25) is 5.95 Å². The van der Waals surface area contributed by atoms with Crippen LogP contribution in [0.1, 0.15) is 26.2 Å². The highest BCUT2D eigenvalue weighted by Crippen LogP contribution is 2.17. The lowest BCUT2D eigenvalue weighted by Gasteiger charge is -2.29. The van der Waals surface area contributed by atoms with Crippen molar-refractivity contribution >= 4 is 5.95 Å². The zero-order valence-corrected chi connectivity index (χ0v) is 11.1. The highest BCUT2D eigenvalue weighted by atomic mass is 16.5. The lowest BCUT2D eigenvalue weighted by atomic mass is 10.1. The van der Waals surface area contributed by atoms with Crippen molar-refractivity contribution < 1.29 is 9.47 Å². The van der Waals surface area contributed by atoms with Crippen molar-refractivity contribution in [1.29, 1.82) is 0 Å². The molecule has 0 spiro atoms. The normalized spacial score (nSPS) is 19.6. The predicted octanol–water partition coefficient (Wildman–Crippen LogP) is 1.88. The van der Waals surface area contributed by atoms with Crippen molar-refractivity contribution in [2.75, 3.05) is 31.7 Å². The smallest absolute Gasteiger partial charge is 0.225 e. The van der Waals surface area contributed by atoms with Gasteiger partial charge >= 0.3 is 0 Å². The summed E-state index contributed by atoms with van der Waals surface area (Å²) >= 11 is 0. The van der Waals surface area contributed by atoms with Crippen LogP contribution in [0.5, 0.6) is 5.75 Å². The molecule has 0 bridgehead atoms. The molecule has 5 nitrogen and oxygen atoms in total. The SMILES string of the molecule is CCN(CC1CCCCO1)c1ncc(OC)cn1. The summed E-state index contributed by atoms with van der Waals surface area (Å²) in [6.45, 7) is 4.73. The minimum atomic E-state index is 0.310. The Kier molecular flexibility index (Phi) is 4.75. The number of likely N-dealkylation sites (N-methyl/N-ethyl adjacent to an activating group) is 1. The van der Waals surface area contributed by atoms with Gasteiger partial charge in [-0.15, -0.1) is 0 Å². The van der Waals surface area contributed by atoms with Crippen molar-refractivity contribution in [3.63, 3.8) is 0 Å². The second kappa shape index (κ2) is 6.54. The highest BCUT2D eigenvalue weighted by molar-refractivity contribution is 5.31. The number of rotatable bonds is 5. The number of nitrogens with zero attached hydrogens (tertiary/aromatic N) is 3. The van der Waals surface area contributed by atoms with Gasteiger partial charge in [-0.3, -0.25) is 0 Å². The largest absolute Gasteiger partial charge is 0.494 e. The second-order valence-electron chi connectivity index (χ2n) is 4.45. The molecule has 0 aromatic carbocycles. The van der Waals surface area contributed by atoms with Gasteiger partial charge in [0.05, 0.1) is 25.6 Å². The molecule has 0 N–H and O–H groups in total. The Bertz CT molecular complexity index is 350. The van der Waals surface area contributed by atoms with Crippen molar-refractivity contribution in [2.24, 2.45) is 0 Å². The number of methoxy groups -OCH3 is 1. The van der Waals surface area contributed by atoms with E-state index in [1.807, 2.05) is 0 Å². The summed E-state index contributed by atoms with van der Waals surface area (Å²) in [4.78, 5) is 10.8. The molecular weight excluding hydrogens is 230 g/mol. The molecule has 100 valence electrons. The molecule has 0 saturated carbocycles. The van der Waals surface area contributed by atoms with Gasteiger partial charge in [0, 0.05) is 19.7 Å². The molecule has 1 saturated heterocycles. The average Bonchev–Trinajstić information content (AvgIpc) is 2.46. The molecule has 0 amide bonds.